The summed E-state index contributed by atoms with van der Waals surface area (Å²) in [4.78, 5) is 1.81. The van der Waals surface area contributed by atoms with Gasteiger partial charge in [-0.25, -0.2) is 0 Å². The number of anilines is 1. The van der Waals surface area contributed by atoms with Gasteiger partial charge in [-0.15, -0.1) is 0 Å². The molecule has 0 saturated heterocycles. The fourth-order valence-corrected chi connectivity index (χ4v) is 1.68. The second-order valence-electron chi connectivity index (χ2n) is 3.63. The highest BCUT2D eigenvalue weighted by atomic mass is 16.3. The van der Waals surface area contributed by atoms with Crippen molar-refractivity contribution in [3.05, 3.63) is 48.5 Å². The van der Waals surface area contributed by atoms with Crippen LogP contribution in [-0.4, -0.2) is 15.0 Å². The number of phenols is 1. The first-order chi connectivity index (χ1) is 7.83. The molecule has 0 fully saturated rings. The van der Waals surface area contributed by atoms with E-state index in [2.05, 4.69) is 10.5 Å². The lowest BCUT2D eigenvalue weighted by molar-refractivity contribution is 0.475. The van der Waals surface area contributed by atoms with E-state index in [1.807, 2.05) is 35.1 Å². The molecular weight excluding hydrogens is 202 g/mol. The van der Waals surface area contributed by atoms with Gasteiger partial charge < -0.3 is 5.11 Å². The van der Waals surface area contributed by atoms with Crippen molar-refractivity contribution in [3.8, 4) is 5.75 Å². The lowest BCUT2D eigenvalue weighted by Crippen LogP contribution is -2.18. The summed E-state index contributed by atoms with van der Waals surface area (Å²) in [6.07, 6.45) is 0. The maximum absolute atomic E-state index is 9.33. The third-order valence-corrected chi connectivity index (χ3v) is 2.46. The first kappa shape index (κ1) is 8.91. The lowest BCUT2D eigenvalue weighted by Gasteiger charge is -2.18. The van der Waals surface area contributed by atoms with E-state index >= 15 is 0 Å². The van der Waals surface area contributed by atoms with Crippen LogP contribution in [0.1, 0.15) is 0 Å². The molecule has 16 heavy (non-hydrogen) atoms. The summed E-state index contributed by atoms with van der Waals surface area (Å²) in [7, 11) is 0. The van der Waals surface area contributed by atoms with Gasteiger partial charge in [0.05, 0.1) is 11.2 Å². The van der Waals surface area contributed by atoms with Gasteiger partial charge >= 0.3 is 0 Å². The molecule has 1 heterocycles. The highest BCUT2D eigenvalue weighted by Crippen LogP contribution is 2.18. The molecular formula is C12H11N3O. The largest absolute Gasteiger partial charge is 0.508 e. The Labute approximate surface area is 92.1 Å². The number of nitrogens with zero attached hydrogens (tertiary/aromatic N) is 1. The quantitative estimate of drug-likeness (QED) is 0.612. The normalized spacial score (nSPS) is 10.8. The van der Waals surface area contributed by atoms with Crippen molar-refractivity contribution in [2.75, 3.05) is 5.43 Å². The first-order valence-corrected chi connectivity index (χ1v) is 5.04. The average Bonchev–Trinajstić information content (AvgIpc) is 2.26. The van der Waals surface area contributed by atoms with Crippen LogP contribution in [0, 0.1) is 0 Å². The van der Waals surface area contributed by atoms with Crippen LogP contribution >= 0.6 is 0 Å². The Morgan fingerprint density at radius 3 is 2.75 bits per heavy atom. The van der Waals surface area contributed by atoms with Gasteiger partial charge in [0.15, 0.2) is 0 Å². The number of aromatic hydroxyl groups is 1. The van der Waals surface area contributed by atoms with E-state index in [1.165, 1.54) is 0 Å². The van der Waals surface area contributed by atoms with Crippen LogP contribution in [0.15, 0.2) is 48.5 Å². The van der Waals surface area contributed by atoms with E-state index in [0.29, 0.717) is 0 Å². The molecule has 4 heteroatoms. The Balaban J connectivity index is 1.92. The smallest absolute Gasteiger partial charge is 0.117 e. The van der Waals surface area contributed by atoms with Crippen molar-refractivity contribution in [3.63, 3.8) is 0 Å². The molecule has 0 aliphatic rings. The minimum atomic E-state index is 0.249. The van der Waals surface area contributed by atoms with Gasteiger partial charge in [0.2, 0.25) is 0 Å². The number of hydrogen-bond acceptors (Lipinski definition) is 2. The SMILES string of the molecule is Oc1cccc(Nn2[nH]c3ccccc32)c1. The number of fused-ring (bicyclic) bond motifs is 1. The molecule has 0 bridgehead atoms. The number of para-hydroxylation sites is 2. The van der Waals surface area contributed by atoms with Crippen molar-refractivity contribution >= 4 is 16.7 Å². The van der Waals surface area contributed by atoms with Crippen molar-refractivity contribution in [2.45, 2.75) is 0 Å². The van der Waals surface area contributed by atoms with Crippen LogP contribution in [0.4, 0.5) is 5.69 Å². The van der Waals surface area contributed by atoms with Crippen molar-refractivity contribution in [1.29, 1.82) is 0 Å². The molecule has 3 N–H and O–H groups in total. The molecule has 1 aromatic heterocycles. The second kappa shape index (κ2) is 3.34. The van der Waals surface area contributed by atoms with Crippen LogP contribution in [-0.2, 0) is 0 Å². The number of nitrogens with one attached hydrogen (secondary N) is 2. The van der Waals surface area contributed by atoms with Gasteiger partial charge in [0.25, 0.3) is 0 Å². The van der Waals surface area contributed by atoms with E-state index in [-0.39, 0.29) is 5.75 Å². The van der Waals surface area contributed by atoms with Crippen LogP contribution in [0.3, 0.4) is 0 Å². The van der Waals surface area contributed by atoms with Crippen LogP contribution in [0.5, 0.6) is 5.75 Å². The monoisotopic (exact) mass is 213 g/mol. The highest BCUT2D eigenvalue weighted by molar-refractivity contribution is 5.77. The molecule has 4 nitrogen and oxygen atoms in total. The van der Waals surface area contributed by atoms with Gasteiger partial charge in [0.1, 0.15) is 11.3 Å². The number of H-pyrrole nitrogens is 1. The molecule has 0 atom stereocenters. The minimum Gasteiger partial charge on any atom is -0.508 e. The molecule has 0 aliphatic carbocycles. The van der Waals surface area contributed by atoms with Crippen LogP contribution in [0.2, 0.25) is 0 Å². The standard InChI is InChI=1S/C12H11N3O/c16-10-5-3-4-9(8-10)13-15-12-7-2-1-6-11(12)14-15/h1-8,13-14,16H. The van der Waals surface area contributed by atoms with Crippen LogP contribution in [0.25, 0.3) is 11.0 Å². The average molecular weight is 213 g/mol. The summed E-state index contributed by atoms with van der Waals surface area (Å²) in [6.45, 7) is 0. The minimum absolute atomic E-state index is 0.249. The number of phenolic OH excluding ortho intramolecular Hbond substituents is 1. The van der Waals surface area contributed by atoms with E-state index in [4.69, 9.17) is 0 Å². The number of hydrogen-bond donors (Lipinski definition) is 3. The Morgan fingerprint density at radius 2 is 1.94 bits per heavy atom. The van der Waals surface area contributed by atoms with Gasteiger partial charge in [-0.1, -0.05) is 18.2 Å². The topological polar surface area (TPSA) is 53.0 Å². The zero-order valence-corrected chi connectivity index (χ0v) is 8.51. The predicted molar refractivity (Wildman–Crippen MR) is 63.4 cm³/mol. The fraction of sp³-hybridized carbons (Fsp3) is 0. The molecule has 0 aliphatic heterocycles. The molecule has 3 rings (SSSR count). The molecule has 0 radical (unpaired) electrons. The highest BCUT2D eigenvalue weighted by Gasteiger charge is 2.03. The van der Waals surface area contributed by atoms with Crippen molar-refractivity contribution < 1.29 is 5.11 Å². The zero-order chi connectivity index (χ0) is 11.0. The third-order valence-electron chi connectivity index (χ3n) is 2.46. The Bertz CT molecular complexity index is 624. The lowest BCUT2D eigenvalue weighted by atomic mass is 10.3. The Morgan fingerprint density at radius 1 is 1.06 bits per heavy atom. The number of aromatic amines is 1. The summed E-state index contributed by atoms with van der Waals surface area (Å²) < 4.78 is 0. The van der Waals surface area contributed by atoms with Crippen molar-refractivity contribution in [2.24, 2.45) is 0 Å². The zero-order valence-electron chi connectivity index (χ0n) is 8.51. The second-order valence-corrected chi connectivity index (χ2v) is 3.63. The Hall–Kier alpha value is -2.36. The maximum atomic E-state index is 9.33. The molecule has 0 saturated carbocycles. The summed E-state index contributed by atoms with van der Waals surface area (Å²) in [6, 6.07) is 15.0. The van der Waals surface area contributed by atoms with E-state index < -0.39 is 0 Å². The molecule has 80 valence electrons. The van der Waals surface area contributed by atoms with E-state index in [1.54, 1.807) is 18.2 Å². The molecule has 3 aromatic rings. The molecule has 0 unspecified atom stereocenters. The van der Waals surface area contributed by atoms with Crippen molar-refractivity contribution in [1.82, 2.24) is 9.89 Å². The molecule has 2 aromatic carbocycles. The predicted octanol–water partition coefficient (Wildman–Crippen LogP) is 2.55. The molecule has 0 spiro atoms. The summed E-state index contributed by atoms with van der Waals surface area (Å²) >= 11 is 0. The maximum Gasteiger partial charge on any atom is 0.117 e. The molecule has 0 amide bonds. The summed E-state index contributed by atoms with van der Waals surface area (Å²) in [5.74, 6) is 0.249. The number of rotatable bonds is 2. The Kier molecular flexibility index (Phi) is 1.86. The number of aromatic nitrogens is 2. The van der Waals surface area contributed by atoms with Gasteiger partial charge in [-0.2, -0.15) is 4.79 Å². The van der Waals surface area contributed by atoms with Gasteiger partial charge in [-0.05, 0) is 24.3 Å². The number of benzene rings is 2. The van der Waals surface area contributed by atoms with Crippen LogP contribution < -0.4 is 5.43 Å². The van der Waals surface area contributed by atoms with E-state index in [9.17, 15) is 5.11 Å². The summed E-state index contributed by atoms with van der Waals surface area (Å²) in [5, 5.41) is 12.5. The first-order valence-electron chi connectivity index (χ1n) is 5.04. The van der Waals surface area contributed by atoms with Gasteiger partial charge in [-0.3, -0.25) is 10.5 Å². The summed E-state index contributed by atoms with van der Waals surface area (Å²) in [5.41, 5.74) is 6.15. The van der Waals surface area contributed by atoms with Gasteiger partial charge in [0, 0.05) is 6.07 Å². The fourth-order valence-electron chi connectivity index (χ4n) is 1.68. The van der Waals surface area contributed by atoms with E-state index in [0.717, 1.165) is 16.7 Å². The third kappa shape index (κ3) is 1.40.